The molecule has 0 radical (unpaired) electrons. The van der Waals surface area contributed by atoms with Gasteiger partial charge in [0.2, 0.25) is 0 Å². The monoisotopic (exact) mass is 344 g/mol. The first-order chi connectivity index (χ1) is 11.5. The number of aromatic amines is 1. The minimum Gasteiger partial charge on any atom is -0.462 e. The van der Waals surface area contributed by atoms with E-state index in [1.807, 2.05) is 30.3 Å². The van der Waals surface area contributed by atoms with Crippen molar-refractivity contribution in [2.45, 2.75) is 20.4 Å². The van der Waals surface area contributed by atoms with Gasteiger partial charge in [-0.25, -0.2) is 9.59 Å². The lowest BCUT2D eigenvalue weighted by Crippen LogP contribution is -2.35. The lowest BCUT2D eigenvalue weighted by Gasteiger charge is -2.05. The van der Waals surface area contributed by atoms with E-state index in [0.29, 0.717) is 20.7 Å². The minimum absolute atomic E-state index is 0.176. The molecule has 0 saturated heterocycles. The third-order valence-electron chi connectivity index (χ3n) is 3.72. The summed E-state index contributed by atoms with van der Waals surface area (Å²) >= 11 is 1.07. The van der Waals surface area contributed by atoms with Crippen molar-refractivity contribution in [2.75, 3.05) is 6.61 Å². The van der Waals surface area contributed by atoms with E-state index in [9.17, 15) is 14.4 Å². The summed E-state index contributed by atoms with van der Waals surface area (Å²) in [6.45, 7) is 3.84. The molecule has 3 aromatic rings. The first-order valence-electron chi connectivity index (χ1n) is 7.50. The molecule has 0 bridgehead atoms. The number of benzene rings is 1. The molecule has 0 amide bonds. The van der Waals surface area contributed by atoms with Crippen molar-refractivity contribution in [1.82, 2.24) is 9.55 Å². The Bertz CT molecular complexity index is 1010. The number of H-pyrrole nitrogens is 1. The summed E-state index contributed by atoms with van der Waals surface area (Å²) in [5, 5.41) is 0.360. The lowest BCUT2D eigenvalue weighted by atomic mass is 10.2. The predicted octanol–water partition coefficient (Wildman–Crippen LogP) is 2.28. The van der Waals surface area contributed by atoms with Crippen LogP contribution in [0.25, 0.3) is 10.2 Å². The summed E-state index contributed by atoms with van der Waals surface area (Å²) in [6.07, 6.45) is 0. The van der Waals surface area contributed by atoms with Gasteiger partial charge in [0.05, 0.1) is 18.5 Å². The van der Waals surface area contributed by atoms with Crippen molar-refractivity contribution in [2.24, 2.45) is 0 Å². The van der Waals surface area contributed by atoms with Crippen molar-refractivity contribution in [3.05, 3.63) is 67.2 Å². The number of esters is 1. The number of thiophene rings is 1. The van der Waals surface area contributed by atoms with Crippen LogP contribution in [0, 0.1) is 6.92 Å². The average Bonchev–Trinajstić information content (AvgIpc) is 2.89. The summed E-state index contributed by atoms with van der Waals surface area (Å²) in [5.74, 6) is -0.481. The maximum atomic E-state index is 12.8. The molecule has 0 saturated carbocycles. The molecule has 2 aromatic heterocycles. The standard InChI is InChI=1S/C17H16N2O4S/c1-3-23-16(21)13-10(2)12-14(24-13)18-17(22)19(15(12)20)9-11-7-5-4-6-8-11/h4-8H,3,9H2,1-2H3,(H,18,22). The van der Waals surface area contributed by atoms with Gasteiger partial charge < -0.3 is 4.74 Å². The molecule has 6 nitrogen and oxygen atoms in total. The molecule has 0 fully saturated rings. The predicted molar refractivity (Wildman–Crippen MR) is 92.9 cm³/mol. The number of nitrogens with one attached hydrogen (secondary N) is 1. The second-order valence-electron chi connectivity index (χ2n) is 5.29. The Kier molecular flexibility index (Phi) is 4.35. The Labute approximate surface area is 141 Å². The van der Waals surface area contributed by atoms with Crippen LogP contribution in [0.2, 0.25) is 0 Å². The largest absolute Gasteiger partial charge is 0.462 e. The maximum Gasteiger partial charge on any atom is 0.348 e. The van der Waals surface area contributed by atoms with Crippen LogP contribution in [0.1, 0.15) is 27.7 Å². The zero-order chi connectivity index (χ0) is 17.3. The molecule has 0 aliphatic heterocycles. The first-order valence-corrected chi connectivity index (χ1v) is 8.31. The molecule has 1 N–H and O–H groups in total. The number of carbonyl (C=O) groups excluding carboxylic acids is 1. The van der Waals surface area contributed by atoms with Crippen LogP contribution in [0.4, 0.5) is 0 Å². The molecule has 0 aliphatic carbocycles. The average molecular weight is 344 g/mol. The van der Waals surface area contributed by atoms with E-state index >= 15 is 0 Å². The van der Waals surface area contributed by atoms with Crippen molar-refractivity contribution in [3.8, 4) is 0 Å². The van der Waals surface area contributed by atoms with Crippen LogP contribution in [0.3, 0.4) is 0 Å². The Morgan fingerprint density at radius 1 is 1.25 bits per heavy atom. The smallest absolute Gasteiger partial charge is 0.348 e. The fourth-order valence-corrected chi connectivity index (χ4v) is 3.63. The molecule has 2 heterocycles. The van der Waals surface area contributed by atoms with Crippen molar-refractivity contribution < 1.29 is 9.53 Å². The molecule has 0 spiro atoms. The number of nitrogens with zero attached hydrogens (tertiary/aromatic N) is 1. The van der Waals surface area contributed by atoms with Crippen molar-refractivity contribution >= 4 is 27.5 Å². The van der Waals surface area contributed by atoms with Crippen LogP contribution in [-0.2, 0) is 11.3 Å². The minimum atomic E-state index is -0.493. The van der Waals surface area contributed by atoms with E-state index in [0.717, 1.165) is 21.5 Å². The molecule has 7 heteroatoms. The summed E-state index contributed by atoms with van der Waals surface area (Å²) in [5.41, 5.74) is 0.495. The van der Waals surface area contributed by atoms with E-state index in [1.165, 1.54) is 0 Å². The molecule has 24 heavy (non-hydrogen) atoms. The van der Waals surface area contributed by atoms with Gasteiger partial charge in [-0.15, -0.1) is 11.3 Å². The van der Waals surface area contributed by atoms with E-state index < -0.39 is 17.2 Å². The maximum absolute atomic E-state index is 12.8. The van der Waals surface area contributed by atoms with Gasteiger partial charge in [-0.2, -0.15) is 0 Å². The lowest BCUT2D eigenvalue weighted by molar-refractivity contribution is 0.0531. The Hall–Kier alpha value is -2.67. The van der Waals surface area contributed by atoms with Crippen LogP contribution >= 0.6 is 11.3 Å². The van der Waals surface area contributed by atoms with Gasteiger partial charge in [-0.1, -0.05) is 30.3 Å². The Morgan fingerprint density at radius 3 is 2.62 bits per heavy atom. The van der Waals surface area contributed by atoms with E-state index in [1.54, 1.807) is 13.8 Å². The molecular weight excluding hydrogens is 328 g/mol. The second-order valence-corrected chi connectivity index (χ2v) is 6.31. The van der Waals surface area contributed by atoms with Crippen molar-refractivity contribution in [1.29, 1.82) is 0 Å². The number of carbonyl (C=O) groups is 1. The Balaban J connectivity index is 2.16. The van der Waals surface area contributed by atoms with Crippen LogP contribution in [0.15, 0.2) is 39.9 Å². The molecule has 0 atom stereocenters. The van der Waals surface area contributed by atoms with E-state index in [2.05, 4.69) is 4.98 Å². The van der Waals surface area contributed by atoms with Gasteiger partial charge in [0.25, 0.3) is 5.56 Å². The topological polar surface area (TPSA) is 81.2 Å². The number of hydrogen-bond donors (Lipinski definition) is 1. The molecular formula is C17H16N2O4S. The molecule has 1 aromatic carbocycles. The molecule has 3 rings (SSSR count). The number of aromatic nitrogens is 2. The third kappa shape index (κ3) is 2.78. The molecule has 0 unspecified atom stereocenters. The first kappa shape index (κ1) is 16.2. The second kappa shape index (κ2) is 6.45. The van der Waals surface area contributed by atoms with E-state index in [4.69, 9.17) is 4.74 Å². The van der Waals surface area contributed by atoms with Gasteiger partial charge in [0.15, 0.2) is 0 Å². The number of ether oxygens (including phenoxy) is 1. The summed E-state index contributed by atoms with van der Waals surface area (Å²) in [7, 11) is 0. The number of fused-ring (bicyclic) bond motifs is 1. The van der Waals surface area contributed by atoms with Crippen LogP contribution < -0.4 is 11.2 Å². The quantitative estimate of drug-likeness (QED) is 0.736. The highest BCUT2D eigenvalue weighted by atomic mass is 32.1. The normalized spacial score (nSPS) is 10.9. The number of hydrogen-bond acceptors (Lipinski definition) is 5. The Morgan fingerprint density at radius 2 is 1.96 bits per heavy atom. The third-order valence-corrected chi connectivity index (χ3v) is 4.90. The zero-order valence-electron chi connectivity index (χ0n) is 13.3. The number of aryl methyl sites for hydroxylation is 1. The van der Waals surface area contributed by atoms with Crippen molar-refractivity contribution in [3.63, 3.8) is 0 Å². The van der Waals surface area contributed by atoms with E-state index in [-0.39, 0.29) is 13.2 Å². The van der Waals surface area contributed by atoms with Gasteiger partial charge in [0, 0.05) is 0 Å². The fourth-order valence-electron chi connectivity index (χ4n) is 2.55. The van der Waals surface area contributed by atoms with Gasteiger partial charge >= 0.3 is 11.7 Å². The summed E-state index contributed by atoms with van der Waals surface area (Å²) < 4.78 is 6.15. The van der Waals surface area contributed by atoms with Crippen LogP contribution in [0.5, 0.6) is 0 Å². The van der Waals surface area contributed by atoms with Crippen LogP contribution in [-0.4, -0.2) is 22.1 Å². The SMILES string of the molecule is CCOC(=O)c1sc2[nH]c(=O)n(Cc3ccccc3)c(=O)c2c1C. The number of rotatable bonds is 4. The highest BCUT2D eigenvalue weighted by Gasteiger charge is 2.21. The summed E-state index contributed by atoms with van der Waals surface area (Å²) in [6, 6.07) is 9.26. The highest BCUT2D eigenvalue weighted by molar-refractivity contribution is 7.20. The van der Waals surface area contributed by atoms with Gasteiger partial charge in [0.1, 0.15) is 9.71 Å². The summed E-state index contributed by atoms with van der Waals surface area (Å²) in [4.78, 5) is 40.5. The molecule has 124 valence electrons. The van der Waals surface area contributed by atoms with Gasteiger partial charge in [-0.3, -0.25) is 14.3 Å². The fraction of sp³-hybridized carbons (Fsp3) is 0.235. The molecule has 0 aliphatic rings. The highest BCUT2D eigenvalue weighted by Crippen LogP contribution is 2.26. The van der Waals surface area contributed by atoms with Gasteiger partial charge in [-0.05, 0) is 25.0 Å². The zero-order valence-corrected chi connectivity index (χ0v) is 14.1.